The first-order valence-corrected chi connectivity index (χ1v) is 6.31. The number of rotatable bonds is 4. The second kappa shape index (κ2) is 6.19. The lowest BCUT2D eigenvalue weighted by molar-refractivity contribution is 0.0526. The third-order valence-corrected chi connectivity index (χ3v) is 2.74. The summed E-state index contributed by atoms with van der Waals surface area (Å²) in [5, 5.41) is 0. The van der Waals surface area contributed by atoms with Crippen LogP contribution in [0, 0.1) is 12.7 Å². The average molecular weight is 274 g/mol. The van der Waals surface area contributed by atoms with Gasteiger partial charge in [0.1, 0.15) is 17.3 Å². The Morgan fingerprint density at radius 1 is 1.15 bits per heavy atom. The normalized spacial score (nSPS) is 10.2. The maximum absolute atomic E-state index is 13.2. The molecule has 0 saturated carbocycles. The molecule has 0 aliphatic carbocycles. The standard InChI is InChI=1S/C16H15FO3/c1-3-19-16(18)12-5-8-14(9-6-12)20-15-10-13(17)7-4-11(15)2/h4-10H,3H2,1-2H3. The molecule has 0 N–H and O–H groups in total. The first kappa shape index (κ1) is 14.1. The fraction of sp³-hybridized carbons (Fsp3) is 0.188. The van der Waals surface area contributed by atoms with Crippen molar-refractivity contribution in [1.82, 2.24) is 0 Å². The lowest BCUT2D eigenvalue weighted by atomic mass is 10.2. The molecule has 4 heteroatoms. The minimum atomic E-state index is -0.374. The summed E-state index contributed by atoms with van der Waals surface area (Å²) in [7, 11) is 0. The zero-order valence-electron chi connectivity index (χ0n) is 11.4. The first-order chi connectivity index (χ1) is 9.60. The summed E-state index contributed by atoms with van der Waals surface area (Å²) in [6.07, 6.45) is 0. The number of benzene rings is 2. The van der Waals surface area contributed by atoms with Gasteiger partial charge in [0.15, 0.2) is 0 Å². The molecule has 3 nitrogen and oxygen atoms in total. The molecule has 0 unspecified atom stereocenters. The summed E-state index contributed by atoms with van der Waals surface area (Å²) in [6.45, 7) is 3.92. The Kier molecular flexibility index (Phi) is 4.35. The number of ether oxygens (including phenoxy) is 2. The zero-order chi connectivity index (χ0) is 14.5. The van der Waals surface area contributed by atoms with Crippen LogP contribution < -0.4 is 4.74 Å². The first-order valence-electron chi connectivity index (χ1n) is 6.31. The van der Waals surface area contributed by atoms with E-state index in [9.17, 15) is 9.18 Å². The van der Waals surface area contributed by atoms with Gasteiger partial charge in [-0.3, -0.25) is 0 Å². The summed E-state index contributed by atoms with van der Waals surface area (Å²) in [5.41, 5.74) is 1.29. The Morgan fingerprint density at radius 3 is 2.50 bits per heavy atom. The molecule has 0 heterocycles. The van der Waals surface area contributed by atoms with Crippen molar-refractivity contribution in [3.05, 3.63) is 59.4 Å². The molecule has 0 atom stereocenters. The van der Waals surface area contributed by atoms with Crippen LogP contribution in [0.3, 0.4) is 0 Å². The van der Waals surface area contributed by atoms with Crippen LogP contribution in [0.2, 0.25) is 0 Å². The number of carbonyl (C=O) groups is 1. The van der Waals surface area contributed by atoms with E-state index in [0.29, 0.717) is 23.7 Å². The van der Waals surface area contributed by atoms with E-state index in [2.05, 4.69) is 0 Å². The number of halogens is 1. The SMILES string of the molecule is CCOC(=O)c1ccc(Oc2cc(F)ccc2C)cc1. The molecule has 0 bridgehead atoms. The number of aryl methyl sites for hydroxylation is 1. The molecule has 0 spiro atoms. The van der Waals surface area contributed by atoms with E-state index in [-0.39, 0.29) is 11.8 Å². The minimum Gasteiger partial charge on any atom is -0.462 e. The maximum atomic E-state index is 13.2. The molecule has 104 valence electrons. The Hall–Kier alpha value is -2.36. The minimum absolute atomic E-state index is 0.333. The fourth-order valence-corrected chi connectivity index (χ4v) is 1.68. The van der Waals surface area contributed by atoms with Crippen molar-refractivity contribution >= 4 is 5.97 Å². The molecule has 20 heavy (non-hydrogen) atoms. The summed E-state index contributed by atoms with van der Waals surface area (Å²) in [5.74, 6) is 0.260. The van der Waals surface area contributed by atoms with Gasteiger partial charge in [-0.15, -0.1) is 0 Å². The van der Waals surface area contributed by atoms with Crippen LogP contribution in [-0.2, 0) is 4.74 Å². The van der Waals surface area contributed by atoms with Crippen LogP contribution in [0.4, 0.5) is 4.39 Å². The molecule has 2 aromatic rings. The second-order valence-electron chi connectivity index (χ2n) is 4.26. The van der Waals surface area contributed by atoms with Crippen molar-refractivity contribution in [3.8, 4) is 11.5 Å². The van der Waals surface area contributed by atoms with Gasteiger partial charge in [-0.05, 0) is 49.7 Å². The van der Waals surface area contributed by atoms with Gasteiger partial charge in [0.05, 0.1) is 12.2 Å². The number of hydrogen-bond acceptors (Lipinski definition) is 3. The van der Waals surface area contributed by atoms with Crippen molar-refractivity contribution in [2.45, 2.75) is 13.8 Å². The van der Waals surface area contributed by atoms with Crippen LogP contribution in [0.25, 0.3) is 0 Å². The van der Waals surface area contributed by atoms with Gasteiger partial charge in [0, 0.05) is 6.07 Å². The van der Waals surface area contributed by atoms with Crippen LogP contribution >= 0.6 is 0 Å². The lowest BCUT2D eigenvalue weighted by Gasteiger charge is -2.09. The summed E-state index contributed by atoms with van der Waals surface area (Å²) in [6, 6.07) is 10.9. The van der Waals surface area contributed by atoms with E-state index in [0.717, 1.165) is 5.56 Å². The average Bonchev–Trinajstić information content (AvgIpc) is 2.44. The van der Waals surface area contributed by atoms with E-state index in [4.69, 9.17) is 9.47 Å². The van der Waals surface area contributed by atoms with Crippen molar-refractivity contribution in [2.24, 2.45) is 0 Å². The highest BCUT2D eigenvalue weighted by molar-refractivity contribution is 5.89. The molecule has 0 saturated heterocycles. The summed E-state index contributed by atoms with van der Waals surface area (Å²) < 4.78 is 23.6. The van der Waals surface area contributed by atoms with Gasteiger partial charge in [-0.2, -0.15) is 0 Å². The van der Waals surface area contributed by atoms with Crippen molar-refractivity contribution in [2.75, 3.05) is 6.61 Å². The smallest absolute Gasteiger partial charge is 0.338 e. The number of esters is 1. The molecule has 0 aromatic heterocycles. The molecular weight excluding hydrogens is 259 g/mol. The summed E-state index contributed by atoms with van der Waals surface area (Å²) >= 11 is 0. The Balaban J connectivity index is 2.14. The third kappa shape index (κ3) is 3.35. The van der Waals surface area contributed by atoms with Gasteiger partial charge in [-0.25, -0.2) is 9.18 Å². The highest BCUT2D eigenvalue weighted by Crippen LogP contribution is 2.26. The molecule has 0 amide bonds. The molecule has 0 fully saturated rings. The van der Waals surface area contributed by atoms with Crippen molar-refractivity contribution < 1.29 is 18.7 Å². The van der Waals surface area contributed by atoms with Gasteiger partial charge < -0.3 is 9.47 Å². The van der Waals surface area contributed by atoms with E-state index >= 15 is 0 Å². The quantitative estimate of drug-likeness (QED) is 0.787. The summed E-state index contributed by atoms with van der Waals surface area (Å²) in [4.78, 5) is 11.5. The maximum Gasteiger partial charge on any atom is 0.338 e. The fourth-order valence-electron chi connectivity index (χ4n) is 1.68. The second-order valence-corrected chi connectivity index (χ2v) is 4.26. The molecular formula is C16H15FO3. The van der Waals surface area contributed by atoms with Crippen LogP contribution in [0.5, 0.6) is 11.5 Å². The molecule has 0 radical (unpaired) electrons. The van der Waals surface area contributed by atoms with Gasteiger partial charge in [0.2, 0.25) is 0 Å². The number of hydrogen-bond donors (Lipinski definition) is 0. The van der Waals surface area contributed by atoms with Crippen LogP contribution in [0.1, 0.15) is 22.8 Å². The predicted octanol–water partition coefficient (Wildman–Crippen LogP) is 4.10. The molecule has 2 rings (SSSR count). The van der Waals surface area contributed by atoms with Gasteiger partial charge in [0.25, 0.3) is 0 Å². The molecule has 0 aliphatic heterocycles. The van der Waals surface area contributed by atoms with Crippen molar-refractivity contribution in [1.29, 1.82) is 0 Å². The van der Waals surface area contributed by atoms with Gasteiger partial charge in [-0.1, -0.05) is 6.07 Å². The topological polar surface area (TPSA) is 35.5 Å². The van der Waals surface area contributed by atoms with Crippen LogP contribution in [0.15, 0.2) is 42.5 Å². The zero-order valence-corrected chi connectivity index (χ0v) is 11.4. The van der Waals surface area contributed by atoms with Crippen molar-refractivity contribution in [3.63, 3.8) is 0 Å². The van der Waals surface area contributed by atoms with Gasteiger partial charge >= 0.3 is 5.97 Å². The van der Waals surface area contributed by atoms with E-state index in [1.54, 1.807) is 37.3 Å². The van der Waals surface area contributed by atoms with E-state index in [1.165, 1.54) is 12.1 Å². The third-order valence-electron chi connectivity index (χ3n) is 2.74. The predicted molar refractivity (Wildman–Crippen MR) is 73.6 cm³/mol. The Bertz CT molecular complexity index is 606. The Labute approximate surface area is 117 Å². The Morgan fingerprint density at radius 2 is 1.85 bits per heavy atom. The molecule has 0 aliphatic rings. The van der Waals surface area contributed by atoms with Crippen LogP contribution in [-0.4, -0.2) is 12.6 Å². The monoisotopic (exact) mass is 274 g/mol. The van der Waals surface area contributed by atoms with E-state index in [1.807, 2.05) is 6.92 Å². The molecule has 2 aromatic carbocycles. The number of carbonyl (C=O) groups excluding carboxylic acids is 1. The van der Waals surface area contributed by atoms with E-state index < -0.39 is 0 Å². The lowest BCUT2D eigenvalue weighted by Crippen LogP contribution is -2.04. The largest absolute Gasteiger partial charge is 0.462 e. The highest BCUT2D eigenvalue weighted by atomic mass is 19.1. The highest BCUT2D eigenvalue weighted by Gasteiger charge is 2.07.